The van der Waals surface area contributed by atoms with Gasteiger partial charge in [-0.15, -0.1) is 0 Å². The van der Waals surface area contributed by atoms with Crippen molar-refractivity contribution in [3.8, 4) is 6.07 Å². The van der Waals surface area contributed by atoms with Crippen molar-refractivity contribution < 1.29 is 0 Å². The molecule has 4 fully saturated rings. The smallest absolute Gasteiger partial charge is 0.0689 e. The number of fused-ring (bicyclic) bond motifs is 5. The van der Waals surface area contributed by atoms with E-state index in [1.165, 1.54) is 109 Å². The van der Waals surface area contributed by atoms with Crippen molar-refractivity contribution in [2.45, 2.75) is 136 Å². The maximum absolute atomic E-state index is 10.1. The summed E-state index contributed by atoms with van der Waals surface area (Å²) in [5.41, 5.74) is 0.0359. The molecule has 4 aliphatic carbocycles. The Morgan fingerprint density at radius 3 is 2.23 bits per heavy atom. The number of nitrogens with zero attached hydrogens (tertiary/aromatic N) is 1. The number of rotatable bonds is 9. The maximum atomic E-state index is 10.1. The van der Waals surface area contributed by atoms with E-state index in [1.807, 2.05) is 0 Å². The minimum absolute atomic E-state index is 0.0359. The summed E-state index contributed by atoms with van der Waals surface area (Å²) < 4.78 is 0. The first-order valence-electron chi connectivity index (χ1n) is 14.6. The molecule has 0 spiro atoms. The first-order chi connectivity index (χ1) is 15.2. The third kappa shape index (κ3) is 5.20. The largest absolute Gasteiger partial charge is 0.198 e. The van der Waals surface area contributed by atoms with Gasteiger partial charge in [0.2, 0.25) is 0 Å². The molecule has 176 valence electrons. The van der Waals surface area contributed by atoms with E-state index in [4.69, 9.17) is 0 Å². The summed E-state index contributed by atoms with van der Waals surface area (Å²) in [4.78, 5) is 0. The fourth-order valence-corrected chi connectivity index (χ4v) is 9.26. The fourth-order valence-electron chi connectivity index (χ4n) is 9.26. The molecule has 0 saturated heterocycles. The predicted octanol–water partition coefficient (Wildman–Crippen LogP) is 9.32. The first-order valence-corrected chi connectivity index (χ1v) is 14.6. The molecule has 0 heterocycles. The van der Waals surface area contributed by atoms with Crippen LogP contribution in [-0.4, -0.2) is 0 Å². The minimum atomic E-state index is 0.0359. The van der Waals surface area contributed by atoms with Gasteiger partial charge in [-0.05, 0) is 99.2 Å². The van der Waals surface area contributed by atoms with Gasteiger partial charge in [0, 0.05) is 0 Å². The average Bonchev–Trinajstić information content (AvgIpc) is 2.81. The Bertz CT molecular complexity index is 590. The van der Waals surface area contributed by atoms with Crippen LogP contribution in [0.2, 0.25) is 0 Å². The molecule has 1 nitrogen and oxygen atoms in total. The Morgan fingerprint density at radius 2 is 1.42 bits per heavy atom. The van der Waals surface area contributed by atoms with Gasteiger partial charge in [0.15, 0.2) is 0 Å². The van der Waals surface area contributed by atoms with Gasteiger partial charge >= 0.3 is 0 Å². The summed E-state index contributed by atoms with van der Waals surface area (Å²) in [7, 11) is 0. The van der Waals surface area contributed by atoms with Crippen LogP contribution in [0.5, 0.6) is 0 Å². The Labute approximate surface area is 194 Å². The molecule has 4 aliphatic rings. The predicted molar refractivity (Wildman–Crippen MR) is 132 cm³/mol. The molecule has 0 radical (unpaired) electrons. The van der Waals surface area contributed by atoms with Crippen molar-refractivity contribution in [3.63, 3.8) is 0 Å². The zero-order valence-corrected chi connectivity index (χ0v) is 20.9. The van der Waals surface area contributed by atoms with Crippen molar-refractivity contribution in [1.29, 1.82) is 5.26 Å². The summed E-state index contributed by atoms with van der Waals surface area (Å²) in [6.07, 6.45) is 26.8. The molecule has 0 aromatic carbocycles. The minimum Gasteiger partial charge on any atom is -0.198 e. The van der Waals surface area contributed by atoms with Crippen LogP contribution in [0.3, 0.4) is 0 Å². The number of hydrogen-bond acceptors (Lipinski definition) is 1. The normalized spacial score (nSPS) is 42.2. The zero-order valence-electron chi connectivity index (χ0n) is 20.9. The molecule has 4 saturated carbocycles. The van der Waals surface area contributed by atoms with Gasteiger partial charge in [-0.1, -0.05) is 78.1 Å². The van der Waals surface area contributed by atoms with Gasteiger partial charge in [0.25, 0.3) is 0 Å². The molecule has 0 amide bonds. The van der Waals surface area contributed by atoms with Crippen LogP contribution in [0.4, 0.5) is 0 Å². The molecule has 1 heteroatoms. The molecule has 0 bridgehead atoms. The molecule has 4 rings (SSSR count). The molecular weight excluding hydrogens is 374 g/mol. The molecule has 8 atom stereocenters. The van der Waals surface area contributed by atoms with E-state index in [2.05, 4.69) is 19.9 Å². The van der Waals surface area contributed by atoms with Crippen LogP contribution >= 0.6 is 0 Å². The quantitative estimate of drug-likeness (QED) is 0.337. The highest BCUT2D eigenvalue weighted by Gasteiger charge is 2.52. The molecule has 0 aliphatic heterocycles. The summed E-state index contributed by atoms with van der Waals surface area (Å²) in [5.74, 6) is 7.11. The Kier molecular flexibility index (Phi) is 8.45. The highest BCUT2D eigenvalue weighted by Crippen LogP contribution is 2.60. The topological polar surface area (TPSA) is 23.8 Å². The van der Waals surface area contributed by atoms with E-state index in [0.29, 0.717) is 0 Å². The van der Waals surface area contributed by atoms with Crippen molar-refractivity contribution in [2.75, 3.05) is 0 Å². The lowest BCUT2D eigenvalue weighted by atomic mass is 9.48. The third-order valence-corrected chi connectivity index (χ3v) is 10.8. The maximum Gasteiger partial charge on any atom is 0.0689 e. The Morgan fingerprint density at radius 1 is 0.710 bits per heavy atom. The summed E-state index contributed by atoms with van der Waals surface area (Å²) in [6.45, 7) is 4.64. The van der Waals surface area contributed by atoms with Crippen LogP contribution in [0.25, 0.3) is 0 Å². The van der Waals surface area contributed by atoms with Crippen LogP contribution < -0.4 is 0 Å². The number of nitriles is 1. The molecule has 0 aromatic heterocycles. The van der Waals surface area contributed by atoms with Crippen LogP contribution in [0.1, 0.15) is 136 Å². The van der Waals surface area contributed by atoms with E-state index in [9.17, 15) is 5.26 Å². The SMILES string of the molecule is CCCCCC[C@@]1(C#N)CCC2C(CCC3C2CCC2C3CCC[C@H]2CCCCC)C1. The van der Waals surface area contributed by atoms with E-state index < -0.39 is 0 Å². The molecular formula is C30H51N. The van der Waals surface area contributed by atoms with E-state index in [0.717, 1.165) is 41.4 Å². The van der Waals surface area contributed by atoms with Crippen LogP contribution in [0, 0.1) is 58.2 Å². The lowest BCUT2D eigenvalue weighted by molar-refractivity contribution is -0.0718. The van der Waals surface area contributed by atoms with Crippen molar-refractivity contribution in [2.24, 2.45) is 46.8 Å². The second kappa shape index (κ2) is 11.1. The van der Waals surface area contributed by atoms with Crippen molar-refractivity contribution >= 4 is 0 Å². The van der Waals surface area contributed by atoms with Crippen LogP contribution in [-0.2, 0) is 0 Å². The standard InChI is InChI=1S/C30H51N/c1-3-5-7-9-19-30(22-31)20-18-26-24(21-30)14-15-29-27-13-10-12-23(11-8-6-4-2)25(27)16-17-28(26)29/h23-29H,3-21H2,1-2H3/t23-,24?,25?,26?,27?,28?,29?,30-/m1/s1. The summed E-state index contributed by atoms with van der Waals surface area (Å²) in [6, 6.07) is 2.87. The Balaban J connectivity index is 1.36. The van der Waals surface area contributed by atoms with E-state index >= 15 is 0 Å². The van der Waals surface area contributed by atoms with Gasteiger partial charge in [-0.25, -0.2) is 0 Å². The second-order valence-corrected chi connectivity index (χ2v) is 12.4. The molecule has 6 unspecified atom stereocenters. The summed E-state index contributed by atoms with van der Waals surface area (Å²) >= 11 is 0. The highest BCUT2D eigenvalue weighted by molar-refractivity contribution is 5.07. The van der Waals surface area contributed by atoms with Crippen molar-refractivity contribution in [3.05, 3.63) is 0 Å². The number of unbranched alkanes of at least 4 members (excludes halogenated alkanes) is 5. The highest BCUT2D eigenvalue weighted by atomic mass is 14.6. The third-order valence-electron chi connectivity index (χ3n) is 10.8. The van der Waals surface area contributed by atoms with E-state index in [-0.39, 0.29) is 5.41 Å². The van der Waals surface area contributed by atoms with Gasteiger partial charge in [-0.2, -0.15) is 5.26 Å². The average molecular weight is 426 g/mol. The summed E-state index contributed by atoms with van der Waals surface area (Å²) in [5, 5.41) is 10.1. The van der Waals surface area contributed by atoms with Gasteiger partial charge < -0.3 is 0 Å². The first kappa shape index (κ1) is 23.6. The van der Waals surface area contributed by atoms with E-state index in [1.54, 1.807) is 12.8 Å². The zero-order chi connectivity index (χ0) is 21.7. The van der Waals surface area contributed by atoms with Gasteiger partial charge in [0.1, 0.15) is 0 Å². The second-order valence-electron chi connectivity index (χ2n) is 12.4. The molecule has 31 heavy (non-hydrogen) atoms. The lowest BCUT2D eigenvalue weighted by Crippen LogP contribution is -2.49. The number of hydrogen-bond donors (Lipinski definition) is 0. The van der Waals surface area contributed by atoms with Gasteiger partial charge in [0.05, 0.1) is 11.5 Å². The molecule has 0 N–H and O–H groups in total. The molecule has 0 aromatic rings. The van der Waals surface area contributed by atoms with Gasteiger partial charge in [-0.3, -0.25) is 0 Å². The lowest BCUT2D eigenvalue weighted by Gasteiger charge is -2.57. The van der Waals surface area contributed by atoms with Crippen molar-refractivity contribution in [1.82, 2.24) is 0 Å². The Hall–Kier alpha value is -0.510. The fraction of sp³-hybridized carbons (Fsp3) is 0.967. The monoisotopic (exact) mass is 425 g/mol. The van der Waals surface area contributed by atoms with Crippen LogP contribution in [0.15, 0.2) is 0 Å².